The molecular formula is C30H34F6N4S. The summed E-state index contributed by atoms with van der Waals surface area (Å²) in [5, 5.41) is 5.29. The fourth-order valence-corrected chi connectivity index (χ4v) is 6.78. The van der Waals surface area contributed by atoms with Gasteiger partial charge in [-0.3, -0.25) is 5.43 Å². The average Bonchev–Trinajstić information content (AvgIpc) is 3.67. The number of aryl methyl sites for hydroxylation is 2. The van der Waals surface area contributed by atoms with E-state index in [1.54, 1.807) is 4.90 Å². The van der Waals surface area contributed by atoms with Crippen molar-refractivity contribution in [3.8, 4) is 0 Å². The zero-order chi connectivity index (χ0) is 29.4. The molecule has 0 bridgehead atoms. The van der Waals surface area contributed by atoms with Crippen molar-refractivity contribution in [2.75, 3.05) is 18.0 Å². The van der Waals surface area contributed by atoms with Gasteiger partial charge in [-0.05, 0) is 103 Å². The lowest BCUT2D eigenvalue weighted by Crippen LogP contribution is -2.32. The van der Waals surface area contributed by atoms with Crippen LogP contribution in [-0.2, 0) is 38.3 Å². The number of hydrogen-bond donors (Lipinski definition) is 1. The minimum atomic E-state index is -4.91. The molecular weight excluding hydrogens is 562 g/mol. The normalized spacial score (nSPS) is 17.5. The zero-order valence-corrected chi connectivity index (χ0v) is 23.8. The van der Waals surface area contributed by atoms with E-state index in [9.17, 15) is 26.3 Å². The summed E-state index contributed by atoms with van der Waals surface area (Å²) in [6.07, 6.45) is -1.94. The summed E-state index contributed by atoms with van der Waals surface area (Å²) >= 11 is 1.22. The topological polar surface area (TPSA) is 30.9 Å². The van der Waals surface area contributed by atoms with Crippen molar-refractivity contribution < 1.29 is 26.3 Å². The maximum absolute atomic E-state index is 13.6. The maximum atomic E-state index is 13.6. The fourth-order valence-electron chi connectivity index (χ4n) is 6.11. The quantitative estimate of drug-likeness (QED) is 0.311. The Kier molecular flexibility index (Phi) is 8.55. The molecule has 1 N–H and O–H groups in total. The summed E-state index contributed by atoms with van der Waals surface area (Å²) in [6, 6.07) is 6.19. The number of anilines is 1. The van der Waals surface area contributed by atoms with Gasteiger partial charge in [0.2, 0.25) is 0 Å². The number of halogens is 6. The monoisotopic (exact) mass is 596 g/mol. The molecule has 222 valence electrons. The number of rotatable bonds is 8. The van der Waals surface area contributed by atoms with E-state index in [0.717, 1.165) is 55.7 Å². The molecule has 1 heterocycles. The molecule has 3 aliphatic rings. The van der Waals surface area contributed by atoms with Gasteiger partial charge in [0.25, 0.3) is 0 Å². The first-order valence-corrected chi connectivity index (χ1v) is 14.9. The lowest BCUT2D eigenvalue weighted by atomic mass is 10.0. The van der Waals surface area contributed by atoms with Gasteiger partial charge in [-0.25, -0.2) is 0 Å². The zero-order valence-electron chi connectivity index (χ0n) is 23.0. The van der Waals surface area contributed by atoms with Crippen LogP contribution in [0.2, 0.25) is 0 Å². The van der Waals surface area contributed by atoms with Crippen LogP contribution in [0.25, 0.3) is 0 Å². The highest BCUT2D eigenvalue weighted by Crippen LogP contribution is 2.38. The molecule has 0 spiro atoms. The van der Waals surface area contributed by atoms with Crippen LogP contribution in [-0.4, -0.2) is 23.2 Å². The van der Waals surface area contributed by atoms with Gasteiger partial charge < -0.3 is 9.80 Å². The van der Waals surface area contributed by atoms with Gasteiger partial charge in [-0.1, -0.05) is 25.5 Å². The number of thioether (sulfide) groups is 1. The van der Waals surface area contributed by atoms with Gasteiger partial charge in [0, 0.05) is 31.9 Å². The highest BCUT2D eigenvalue weighted by molar-refractivity contribution is 8.17. The number of nitrogens with one attached hydrogen (secondary N) is 1. The third-order valence-electron chi connectivity index (χ3n) is 8.11. The summed E-state index contributed by atoms with van der Waals surface area (Å²) in [4.78, 5) is 4.13. The highest BCUT2D eigenvalue weighted by atomic mass is 32.2. The number of benzene rings is 2. The van der Waals surface area contributed by atoms with Crippen LogP contribution in [0.3, 0.4) is 0 Å². The third-order valence-corrected chi connectivity index (χ3v) is 8.98. The standard InChI is InChI=1S/C30H34F6N4S/c1-3-39(16-20-7-4-5-8-20)27-14-23-10-6-9-22(23)13-24(27)18-40(28-38-37-19(2)41-28)17-21-11-25(29(31,32)33)15-26(12-21)30(34,35)36/h11-15,20,37H,2-10,16-18H2,1H3. The van der Waals surface area contributed by atoms with Crippen LogP contribution in [0, 0.1) is 5.92 Å². The summed E-state index contributed by atoms with van der Waals surface area (Å²) in [5.74, 6) is 0.611. The molecule has 1 aliphatic heterocycles. The van der Waals surface area contributed by atoms with Crippen molar-refractivity contribution in [3.05, 3.63) is 75.3 Å². The number of fused-ring (bicyclic) bond motifs is 1. The van der Waals surface area contributed by atoms with Crippen LogP contribution in [0.15, 0.2) is 47.0 Å². The number of amidine groups is 1. The van der Waals surface area contributed by atoms with E-state index in [2.05, 4.69) is 41.1 Å². The second-order valence-electron chi connectivity index (χ2n) is 11.1. The van der Waals surface area contributed by atoms with Gasteiger partial charge >= 0.3 is 12.4 Å². The summed E-state index contributed by atoms with van der Waals surface area (Å²) in [6.45, 7) is 7.82. The Morgan fingerprint density at radius 1 is 0.878 bits per heavy atom. The van der Waals surface area contributed by atoms with Gasteiger partial charge in [-0.2, -0.15) is 26.3 Å². The first-order valence-electron chi connectivity index (χ1n) is 14.0. The number of hydrogen-bond acceptors (Lipinski definition) is 5. The van der Waals surface area contributed by atoms with E-state index in [1.807, 2.05) is 0 Å². The Bertz CT molecular complexity index is 1280. The molecule has 0 amide bonds. The maximum Gasteiger partial charge on any atom is 0.416 e. The van der Waals surface area contributed by atoms with Crippen LogP contribution >= 0.6 is 11.8 Å². The smallest absolute Gasteiger partial charge is 0.371 e. The van der Waals surface area contributed by atoms with Crippen LogP contribution < -0.4 is 10.3 Å². The molecule has 0 saturated heterocycles. The molecule has 5 rings (SSSR count). The molecule has 1 fully saturated rings. The Balaban J connectivity index is 1.52. The molecule has 0 radical (unpaired) electrons. The second-order valence-corrected chi connectivity index (χ2v) is 12.2. The molecule has 4 nitrogen and oxygen atoms in total. The lowest BCUT2D eigenvalue weighted by molar-refractivity contribution is -0.143. The SMILES string of the molecule is C=C1NN=C(N(Cc2cc(C(F)(F)F)cc(C(F)(F)F)c2)Cc2cc3c(cc2N(CC)CC2CCCC2)CCC3)S1. The number of hydrazone groups is 1. The van der Waals surface area contributed by atoms with Crippen LogP contribution in [0.4, 0.5) is 32.0 Å². The van der Waals surface area contributed by atoms with Crippen molar-refractivity contribution in [2.45, 2.75) is 77.3 Å². The van der Waals surface area contributed by atoms with Crippen molar-refractivity contribution in [1.29, 1.82) is 0 Å². The number of nitrogens with zero attached hydrogens (tertiary/aromatic N) is 3. The molecule has 2 aliphatic carbocycles. The molecule has 2 aromatic carbocycles. The largest absolute Gasteiger partial charge is 0.416 e. The lowest BCUT2D eigenvalue weighted by Gasteiger charge is -2.32. The third kappa shape index (κ3) is 6.98. The van der Waals surface area contributed by atoms with E-state index >= 15 is 0 Å². The molecule has 1 saturated carbocycles. The van der Waals surface area contributed by atoms with E-state index in [0.29, 0.717) is 16.1 Å². The van der Waals surface area contributed by atoms with Gasteiger partial charge in [0.05, 0.1) is 16.2 Å². The van der Waals surface area contributed by atoms with Gasteiger partial charge in [0.1, 0.15) is 0 Å². The average molecular weight is 597 g/mol. The van der Waals surface area contributed by atoms with E-state index in [4.69, 9.17) is 0 Å². The summed E-state index contributed by atoms with van der Waals surface area (Å²) < 4.78 is 81.7. The molecule has 2 aromatic rings. The highest BCUT2D eigenvalue weighted by Gasteiger charge is 2.37. The van der Waals surface area contributed by atoms with Crippen LogP contribution in [0.1, 0.15) is 72.4 Å². The second kappa shape index (κ2) is 11.8. The van der Waals surface area contributed by atoms with Crippen molar-refractivity contribution in [1.82, 2.24) is 10.3 Å². The van der Waals surface area contributed by atoms with E-state index in [1.165, 1.54) is 48.6 Å². The summed E-state index contributed by atoms with van der Waals surface area (Å²) in [7, 11) is 0. The Hall–Kier alpha value is -2.82. The van der Waals surface area contributed by atoms with Crippen molar-refractivity contribution >= 4 is 22.6 Å². The predicted octanol–water partition coefficient (Wildman–Crippen LogP) is 8.31. The van der Waals surface area contributed by atoms with Crippen molar-refractivity contribution in [2.24, 2.45) is 11.0 Å². The Morgan fingerprint density at radius 2 is 1.51 bits per heavy atom. The van der Waals surface area contributed by atoms with Gasteiger partial charge in [0.15, 0.2) is 5.17 Å². The van der Waals surface area contributed by atoms with Crippen LogP contribution in [0.5, 0.6) is 0 Å². The molecule has 0 atom stereocenters. The summed E-state index contributed by atoms with van der Waals surface area (Å²) in [5.41, 5.74) is 4.69. The fraction of sp³-hybridized carbons (Fsp3) is 0.500. The first-order chi connectivity index (χ1) is 19.4. The van der Waals surface area contributed by atoms with Gasteiger partial charge in [-0.15, -0.1) is 5.10 Å². The minimum Gasteiger partial charge on any atom is -0.371 e. The minimum absolute atomic E-state index is 0.0889. The molecule has 11 heteroatoms. The molecule has 0 unspecified atom stereocenters. The van der Waals surface area contributed by atoms with Crippen molar-refractivity contribution in [3.63, 3.8) is 0 Å². The predicted molar refractivity (Wildman–Crippen MR) is 151 cm³/mol. The molecule has 0 aromatic heterocycles. The Morgan fingerprint density at radius 3 is 2.07 bits per heavy atom. The molecule has 41 heavy (non-hydrogen) atoms. The first kappa shape index (κ1) is 29.7. The van der Waals surface area contributed by atoms with E-state index < -0.39 is 23.5 Å². The van der Waals surface area contributed by atoms with E-state index in [-0.39, 0.29) is 24.7 Å². The number of alkyl halides is 6. The Labute approximate surface area is 240 Å².